The highest BCUT2D eigenvalue weighted by Gasteiger charge is 2.11. The molecule has 2 amide bonds. The van der Waals surface area contributed by atoms with Crippen LogP contribution in [0.3, 0.4) is 0 Å². The molecular formula is C8H16N2O4S. The fourth-order valence-corrected chi connectivity index (χ4v) is 1.39. The van der Waals surface area contributed by atoms with Gasteiger partial charge < -0.3 is 20.9 Å². The second kappa shape index (κ2) is 8.51. The smallest absolute Gasteiger partial charge is 0.248 e. The van der Waals surface area contributed by atoms with Crippen LogP contribution in [0.25, 0.3) is 0 Å². The van der Waals surface area contributed by atoms with E-state index in [9.17, 15) is 9.59 Å². The van der Waals surface area contributed by atoms with Gasteiger partial charge in [-0.3, -0.25) is 9.59 Å². The van der Waals surface area contributed by atoms with Gasteiger partial charge in [0.2, 0.25) is 11.8 Å². The highest BCUT2D eigenvalue weighted by atomic mass is 32.2. The van der Waals surface area contributed by atoms with Crippen molar-refractivity contribution >= 4 is 23.6 Å². The van der Waals surface area contributed by atoms with E-state index in [0.717, 1.165) is 5.75 Å². The first kappa shape index (κ1) is 14.2. The largest absolute Gasteiger partial charge is 0.384 e. The second-order valence-corrected chi connectivity index (χ2v) is 3.87. The average molecular weight is 236 g/mol. The number of hydrogen-bond donors (Lipinski definition) is 3. The standard InChI is InChI=1S/C8H16N2O4S/c1-14-2-3-15-5-7(12)10-4-6(11)8(9)13/h6,11H,2-5H2,1H3,(H2,9,13)(H,10,12). The summed E-state index contributed by atoms with van der Waals surface area (Å²) < 4.78 is 4.80. The van der Waals surface area contributed by atoms with Crippen molar-refractivity contribution in [1.29, 1.82) is 0 Å². The van der Waals surface area contributed by atoms with Crippen molar-refractivity contribution in [1.82, 2.24) is 5.32 Å². The van der Waals surface area contributed by atoms with E-state index < -0.39 is 12.0 Å². The summed E-state index contributed by atoms with van der Waals surface area (Å²) in [5.41, 5.74) is 4.80. The molecule has 88 valence electrons. The van der Waals surface area contributed by atoms with Gasteiger partial charge in [-0.2, -0.15) is 0 Å². The Bertz CT molecular complexity index is 213. The first-order valence-electron chi connectivity index (χ1n) is 4.38. The summed E-state index contributed by atoms with van der Waals surface area (Å²) in [5, 5.41) is 11.4. The van der Waals surface area contributed by atoms with Crippen LogP contribution in [0, 0.1) is 0 Å². The molecule has 1 atom stereocenters. The zero-order valence-corrected chi connectivity index (χ0v) is 9.38. The zero-order chi connectivity index (χ0) is 11.7. The first-order valence-corrected chi connectivity index (χ1v) is 5.54. The number of nitrogens with one attached hydrogen (secondary N) is 1. The molecule has 0 aromatic heterocycles. The van der Waals surface area contributed by atoms with Crippen LogP contribution in [0.2, 0.25) is 0 Å². The summed E-state index contributed by atoms with van der Waals surface area (Å²) >= 11 is 1.41. The van der Waals surface area contributed by atoms with Crippen LogP contribution in [0.15, 0.2) is 0 Å². The minimum Gasteiger partial charge on any atom is -0.384 e. The number of primary amides is 1. The van der Waals surface area contributed by atoms with E-state index in [1.54, 1.807) is 7.11 Å². The Morgan fingerprint density at radius 2 is 2.27 bits per heavy atom. The van der Waals surface area contributed by atoms with Crippen LogP contribution >= 0.6 is 11.8 Å². The van der Waals surface area contributed by atoms with Gasteiger partial charge in [-0.15, -0.1) is 11.8 Å². The number of aliphatic hydroxyl groups is 1. The molecule has 1 unspecified atom stereocenters. The molecule has 0 rings (SSSR count). The molecule has 0 saturated carbocycles. The second-order valence-electron chi connectivity index (χ2n) is 2.77. The van der Waals surface area contributed by atoms with Crippen LogP contribution < -0.4 is 11.1 Å². The van der Waals surface area contributed by atoms with E-state index in [1.807, 2.05) is 0 Å². The SMILES string of the molecule is COCCSCC(=O)NCC(O)C(N)=O. The lowest BCUT2D eigenvalue weighted by molar-refractivity contribution is -0.126. The molecule has 0 spiro atoms. The zero-order valence-electron chi connectivity index (χ0n) is 8.56. The maximum absolute atomic E-state index is 11.1. The lowest BCUT2D eigenvalue weighted by atomic mass is 10.3. The number of ether oxygens (including phenoxy) is 1. The molecule has 0 aromatic carbocycles. The summed E-state index contributed by atoms with van der Waals surface area (Å²) in [7, 11) is 1.59. The number of nitrogens with two attached hydrogens (primary N) is 1. The van der Waals surface area contributed by atoms with Crippen LogP contribution in [0.1, 0.15) is 0 Å². The van der Waals surface area contributed by atoms with Crippen molar-refractivity contribution in [3.05, 3.63) is 0 Å². The molecule has 0 bridgehead atoms. The Kier molecular flexibility index (Phi) is 8.06. The summed E-state index contributed by atoms with van der Waals surface area (Å²) in [6.07, 6.45) is -1.32. The quantitative estimate of drug-likeness (QED) is 0.437. The fourth-order valence-electron chi connectivity index (χ4n) is 0.669. The van der Waals surface area contributed by atoms with Crippen LogP contribution in [0.4, 0.5) is 0 Å². The van der Waals surface area contributed by atoms with E-state index in [4.69, 9.17) is 15.6 Å². The van der Waals surface area contributed by atoms with Gasteiger partial charge in [-0.25, -0.2) is 0 Å². The molecule has 0 saturated heterocycles. The Morgan fingerprint density at radius 1 is 1.60 bits per heavy atom. The lowest BCUT2D eigenvalue weighted by Gasteiger charge is -2.07. The molecule has 0 heterocycles. The van der Waals surface area contributed by atoms with E-state index >= 15 is 0 Å². The van der Waals surface area contributed by atoms with Crippen molar-refractivity contribution in [2.75, 3.05) is 31.8 Å². The van der Waals surface area contributed by atoms with Crippen molar-refractivity contribution in [3.63, 3.8) is 0 Å². The summed E-state index contributed by atoms with van der Waals surface area (Å²) in [4.78, 5) is 21.5. The summed E-state index contributed by atoms with van der Waals surface area (Å²) in [6, 6.07) is 0. The highest BCUT2D eigenvalue weighted by Crippen LogP contribution is 1.98. The van der Waals surface area contributed by atoms with Crippen molar-refractivity contribution in [2.24, 2.45) is 5.73 Å². The number of thioether (sulfide) groups is 1. The molecule has 15 heavy (non-hydrogen) atoms. The van der Waals surface area contributed by atoms with Crippen LogP contribution in [0.5, 0.6) is 0 Å². The molecule has 0 fully saturated rings. The molecule has 0 aliphatic rings. The number of aliphatic hydroxyl groups excluding tert-OH is 1. The third-order valence-electron chi connectivity index (χ3n) is 1.49. The van der Waals surface area contributed by atoms with Gasteiger partial charge in [0.05, 0.1) is 18.9 Å². The normalized spacial score (nSPS) is 12.1. The number of carbonyl (C=O) groups is 2. The number of methoxy groups -OCH3 is 1. The molecular weight excluding hydrogens is 220 g/mol. The first-order chi connectivity index (χ1) is 7.07. The molecule has 0 radical (unpaired) electrons. The minimum absolute atomic E-state index is 0.140. The van der Waals surface area contributed by atoms with Gasteiger partial charge in [-0.05, 0) is 0 Å². The number of hydrogen-bond acceptors (Lipinski definition) is 5. The van der Waals surface area contributed by atoms with Gasteiger partial charge in [0.25, 0.3) is 0 Å². The van der Waals surface area contributed by atoms with E-state index in [0.29, 0.717) is 6.61 Å². The Balaban J connectivity index is 3.45. The number of rotatable bonds is 8. The highest BCUT2D eigenvalue weighted by molar-refractivity contribution is 7.99. The molecule has 0 aliphatic heterocycles. The topological polar surface area (TPSA) is 102 Å². The van der Waals surface area contributed by atoms with E-state index in [2.05, 4.69) is 5.32 Å². The molecule has 7 heteroatoms. The predicted molar refractivity (Wildman–Crippen MR) is 57.4 cm³/mol. The summed E-state index contributed by atoms with van der Waals surface area (Å²) in [6.45, 7) is 0.445. The van der Waals surface area contributed by atoms with E-state index in [-0.39, 0.29) is 18.2 Å². The third kappa shape index (κ3) is 8.22. The maximum Gasteiger partial charge on any atom is 0.248 e. The third-order valence-corrected chi connectivity index (χ3v) is 2.41. The van der Waals surface area contributed by atoms with Gasteiger partial charge in [-0.1, -0.05) is 0 Å². The number of carbonyl (C=O) groups excluding carboxylic acids is 2. The molecule has 4 N–H and O–H groups in total. The van der Waals surface area contributed by atoms with Crippen molar-refractivity contribution in [2.45, 2.75) is 6.10 Å². The Labute approximate surface area is 92.5 Å². The Morgan fingerprint density at radius 3 is 2.80 bits per heavy atom. The van der Waals surface area contributed by atoms with Crippen LogP contribution in [-0.4, -0.2) is 54.8 Å². The molecule has 6 nitrogen and oxygen atoms in total. The van der Waals surface area contributed by atoms with Crippen molar-refractivity contribution < 1.29 is 19.4 Å². The average Bonchev–Trinajstić information content (AvgIpc) is 2.20. The van der Waals surface area contributed by atoms with Gasteiger partial charge in [0.15, 0.2) is 0 Å². The van der Waals surface area contributed by atoms with Crippen LogP contribution in [-0.2, 0) is 14.3 Å². The predicted octanol–water partition coefficient (Wildman–Crippen LogP) is -1.67. The molecule has 0 aliphatic carbocycles. The van der Waals surface area contributed by atoms with Gasteiger partial charge >= 0.3 is 0 Å². The minimum atomic E-state index is -1.32. The van der Waals surface area contributed by atoms with Gasteiger partial charge in [0, 0.05) is 12.9 Å². The fraction of sp³-hybridized carbons (Fsp3) is 0.750. The van der Waals surface area contributed by atoms with Crippen molar-refractivity contribution in [3.8, 4) is 0 Å². The molecule has 0 aromatic rings. The van der Waals surface area contributed by atoms with Gasteiger partial charge in [0.1, 0.15) is 6.10 Å². The lowest BCUT2D eigenvalue weighted by Crippen LogP contribution is -2.40. The maximum atomic E-state index is 11.1. The Hall–Kier alpha value is -0.790. The number of amides is 2. The monoisotopic (exact) mass is 236 g/mol. The van der Waals surface area contributed by atoms with E-state index in [1.165, 1.54) is 11.8 Å². The summed E-state index contributed by atoms with van der Waals surface area (Å²) in [5.74, 6) is -0.0873.